The number of aryl methyl sites for hydroxylation is 1. The van der Waals surface area contributed by atoms with Gasteiger partial charge < -0.3 is 10.2 Å². The Bertz CT molecular complexity index is 1280. The number of piperazine rings is 1. The lowest BCUT2D eigenvalue weighted by molar-refractivity contribution is -0.117. The van der Waals surface area contributed by atoms with Crippen LogP contribution >= 0.6 is 11.3 Å². The van der Waals surface area contributed by atoms with Crippen LogP contribution in [0.1, 0.15) is 44.2 Å². The molecule has 2 aliphatic rings. The minimum Gasteiger partial charge on any atom is -0.335 e. The molecule has 1 saturated heterocycles. The van der Waals surface area contributed by atoms with Gasteiger partial charge in [-0.3, -0.25) is 19.1 Å². The number of fused-ring (bicyclic) bond motifs is 1. The van der Waals surface area contributed by atoms with Crippen LogP contribution in [-0.4, -0.2) is 58.9 Å². The van der Waals surface area contributed by atoms with Crippen LogP contribution in [0.2, 0.25) is 0 Å². The van der Waals surface area contributed by atoms with E-state index in [1.54, 1.807) is 0 Å². The molecule has 2 amide bonds. The minimum absolute atomic E-state index is 0.0668. The third-order valence-corrected chi connectivity index (χ3v) is 7.82. The molecule has 2 aromatic heterocycles. The third kappa shape index (κ3) is 4.75. The number of aromatic nitrogens is 1. The Hall–Kier alpha value is -3.41. The molecule has 1 N–H and O–H groups in total. The Balaban J connectivity index is 1.29. The molecule has 35 heavy (non-hydrogen) atoms. The van der Waals surface area contributed by atoms with Crippen molar-refractivity contribution in [3.05, 3.63) is 69.0 Å². The van der Waals surface area contributed by atoms with Gasteiger partial charge in [0, 0.05) is 42.4 Å². The van der Waals surface area contributed by atoms with Crippen molar-refractivity contribution in [3.8, 4) is 11.8 Å². The van der Waals surface area contributed by atoms with Crippen molar-refractivity contribution >= 4 is 29.0 Å². The molecule has 7 nitrogen and oxygen atoms in total. The first-order valence-corrected chi connectivity index (χ1v) is 13.0. The molecule has 0 radical (unpaired) electrons. The summed E-state index contributed by atoms with van der Waals surface area (Å²) < 4.78 is 2.06. The van der Waals surface area contributed by atoms with Gasteiger partial charge in [0.15, 0.2) is 0 Å². The van der Waals surface area contributed by atoms with Gasteiger partial charge in [-0.1, -0.05) is 18.2 Å². The number of nitrogens with zero attached hydrogens (tertiary/aromatic N) is 4. The Labute approximate surface area is 209 Å². The van der Waals surface area contributed by atoms with E-state index in [9.17, 15) is 14.9 Å². The van der Waals surface area contributed by atoms with Crippen molar-refractivity contribution in [1.82, 2.24) is 14.4 Å². The molecule has 0 atom stereocenters. The van der Waals surface area contributed by atoms with Crippen LogP contribution in [0, 0.1) is 18.3 Å². The summed E-state index contributed by atoms with van der Waals surface area (Å²) in [5, 5.41) is 13.1. The van der Waals surface area contributed by atoms with Gasteiger partial charge in [0.05, 0.1) is 17.0 Å². The van der Waals surface area contributed by atoms with Crippen LogP contribution in [0.5, 0.6) is 0 Å². The van der Waals surface area contributed by atoms with E-state index >= 15 is 0 Å². The Kier molecular flexibility index (Phi) is 6.71. The number of carbonyl (C=O) groups excluding carboxylic acids is 2. The summed E-state index contributed by atoms with van der Waals surface area (Å²) in [6, 6.07) is 16.2. The lowest BCUT2D eigenvalue weighted by Gasteiger charge is -2.34. The summed E-state index contributed by atoms with van der Waals surface area (Å²) in [5.74, 6) is 0.511. The molecule has 1 aliphatic carbocycles. The number of thiophene rings is 1. The highest BCUT2D eigenvalue weighted by atomic mass is 32.1. The van der Waals surface area contributed by atoms with Gasteiger partial charge in [-0.25, -0.2) is 0 Å². The largest absolute Gasteiger partial charge is 0.335 e. The molecule has 0 unspecified atom stereocenters. The molecule has 0 saturated carbocycles. The van der Waals surface area contributed by atoms with Crippen molar-refractivity contribution in [2.75, 3.05) is 38.0 Å². The van der Waals surface area contributed by atoms with Gasteiger partial charge in [-0.05, 0) is 62.4 Å². The van der Waals surface area contributed by atoms with E-state index in [0.717, 1.165) is 52.4 Å². The van der Waals surface area contributed by atoms with Crippen LogP contribution in [0.3, 0.4) is 0 Å². The van der Waals surface area contributed by atoms with Gasteiger partial charge in [-0.15, -0.1) is 11.3 Å². The molecule has 1 aromatic carbocycles. The van der Waals surface area contributed by atoms with Gasteiger partial charge in [0.25, 0.3) is 5.91 Å². The quantitative estimate of drug-likeness (QED) is 0.590. The third-order valence-electron chi connectivity index (χ3n) is 6.83. The lowest BCUT2D eigenvalue weighted by atomic mass is 9.95. The van der Waals surface area contributed by atoms with E-state index in [1.807, 2.05) is 54.3 Å². The van der Waals surface area contributed by atoms with E-state index in [-0.39, 0.29) is 18.4 Å². The zero-order valence-electron chi connectivity index (χ0n) is 19.9. The summed E-state index contributed by atoms with van der Waals surface area (Å²) in [6.07, 6.45) is 3.90. The molecule has 3 aromatic rings. The monoisotopic (exact) mass is 487 g/mol. The summed E-state index contributed by atoms with van der Waals surface area (Å²) in [5.41, 5.74) is 3.73. The lowest BCUT2D eigenvalue weighted by Crippen LogP contribution is -2.50. The second-order valence-electron chi connectivity index (χ2n) is 9.17. The average molecular weight is 488 g/mol. The van der Waals surface area contributed by atoms with E-state index in [1.165, 1.54) is 11.3 Å². The second kappa shape index (κ2) is 10.1. The Morgan fingerprint density at radius 2 is 1.77 bits per heavy atom. The standard InChI is InChI=1S/C27H29N5O2S/c1-19-11-12-24(35-19)27(34)31-15-13-30(14-16-31)18-25(33)29-26-22(17-28)21-9-5-6-10-23(21)32(26)20-7-3-2-4-8-20/h2-4,7-8,11-12H,5-6,9-10,13-16,18H2,1H3,(H,29,33). The van der Waals surface area contributed by atoms with E-state index in [0.29, 0.717) is 37.6 Å². The number of anilines is 1. The molecule has 0 bridgehead atoms. The smallest absolute Gasteiger partial charge is 0.264 e. The highest BCUT2D eigenvalue weighted by Crippen LogP contribution is 2.35. The van der Waals surface area contributed by atoms with Gasteiger partial charge in [-0.2, -0.15) is 5.26 Å². The van der Waals surface area contributed by atoms with Crippen LogP contribution in [-0.2, 0) is 17.6 Å². The fourth-order valence-corrected chi connectivity index (χ4v) is 5.92. The van der Waals surface area contributed by atoms with Crippen LogP contribution in [0.4, 0.5) is 5.82 Å². The molecule has 8 heteroatoms. The highest BCUT2D eigenvalue weighted by molar-refractivity contribution is 7.13. The number of amides is 2. The summed E-state index contributed by atoms with van der Waals surface area (Å²) >= 11 is 1.52. The van der Waals surface area contributed by atoms with E-state index in [4.69, 9.17) is 0 Å². The number of nitriles is 1. The number of benzene rings is 1. The Morgan fingerprint density at radius 3 is 2.46 bits per heavy atom. The molecule has 5 rings (SSSR count). The predicted molar refractivity (Wildman–Crippen MR) is 137 cm³/mol. The first kappa shape index (κ1) is 23.3. The molecular formula is C27H29N5O2S. The molecule has 180 valence electrons. The maximum absolute atomic E-state index is 13.1. The number of rotatable bonds is 5. The van der Waals surface area contributed by atoms with Crippen molar-refractivity contribution in [3.63, 3.8) is 0 Å². The van der Waals surface area contributed by atoms with Crippen molar-refractivity contribution < 1.29 is 9.59 Å². The predicted octanol–water partition coefficient (Wildman–Crippen LogP) is 3.99. The fourth-order valence-electron chi connectivity index (χ4n) is 5.09. The van der Waals surface area contributed by atoms with E-state index in [2.05, 4.69) is 20.9 Å². The molecule has 3 heterocycles. The first-order chi connectivity index (χ1) is 17.0. The number of nitrogens with one attached hydrogen (secondary N) is 1. The fraction of sp³-hybridized carbons (Fsp3) is 0.370. The van der Waals surface area contributed by atoms with Gasteiger partial charge in [0.1, 0.15) is 11.9 Å². The molecule has 0 spiro atoms. The first-order valence-electron chi connectivity index (χ1n) is 12.1. The molecule has 1 aliphatic heterocycles. The zero-order chi connectivity index (χ0) is 24.4. The number of carbonyl (C=O) groups is 2. The van der Waals surface area contributed by atoms with Gasteiger partial charge >= 0.3 is 0 Å². The number of hydrogen-bond acceptors (Lipinski definition) is 5. The average Bonchev–Trinajstić information content (AvgIpc) is 3.45. The summed E-state index contributed by atoms with van der Waals surface area (Å²) in [6.45, 7) is 4.72. The zero-order valence-corrected chi connectivity index (χ0v) is 20.7. The van der Waals surface area contributed by atoms with Crippen molar-refractivity contribution in [2.45, 2.75) is 32.6 Å². The van der Waals surface area contributed by atoms with Crippen LogP contribution in [0.15, 0.2) is 42.5 Å². The van der Waals surface area contributed by atoms with Crippen molar-refractivity contribution in [1.29, 1.82) is 5.26 Å². The Morgan fingerprint density at radius 1 is 1.03 bits per heavy atom. The minimum atomic E-state index is -0.137. The number of para-hydroxylation sites is 1. The summed E-state index contributed by atoms with van der Waals surface area (Å²) in [4.78, 5) is 31.7. The van der Waals surface area contributed by atoms with Crippen LogP contribution < -0.4 is 5.32 Å². The molecule has 1 fully saturated rings. The normalized spacial score (nSPS) is 15.9. The van der Waals surface area contributed by atoms with Crippen LogP contribution in [0.25, 0.3) is 5.69 Å². The topological polar surface area (TPSA) is 81.4 Å². The SMILES string of the molecule is Cc1ccc(C(=O)N2CCN(CC(=O)Nc3c(C#N)c4c(n3-c3ccccc3)CCCC4)CC2)s1. The van der Waals surface area contributed by atoms with E-state index < -0.39 is 0 Å². The number of hydrogen-bond donors (Lipinski definition) is 1. The highest BCUT2D eigenvalue weighted by Gasteiger charge is 2.28. The molecular weight excluding hydrogens is 458 g/mol. The van der Waals surface area contributed by atoms with Gasteiger partial charge in [0.2, 0.25) is 5.91 Å². The maximum Gasteiger partial charge on any atom is 0.264 e. The maximum atomic E-state index is 13.1. The second-order valence-corrected chi connectivity index (χ2v) is 10.5. The summed E-state index contributed by atoms with van der Waals surface area (Å²) in [7, 11) is 0. The van der Waals surface area contributed by atoms with Crippen molar-refractivity contribution in [2.24, 2.45) is 0 Å².